The molecule has 2 atom stereocenters. The molecule has 11 heteroatoms. The van der Waals surface area contributed by atoms with E-state index < -0.39 is 12.0 Å². The number of nitrogens with one attached hydrogen (secondary N) is 2. The highest BCUT2D eigenvalue weighted by atomic mass is 35.5. The second-order valence-electron chi connectivity index (χ2n) is 10.1. The molecule has 2 aliphatic heterocycles. The molecule has 2 aliphatic rings. The van der Waals surface area contributed by atoms with Gasteiger partial charge in [-0.15, -0.1) is 0 Å². The van der Waals surface area contributed by atoms with Crippen LogP contribution in [0.15, 0.2) is 29.5 Å². The molecule has 0 spiro atoms. The number of piperazine rings is 1. The van der Waals surface area contributed by atoms with Gasteiger partial charge in [-0.05, 0) is 52.3 Å². The van der Waals surface area contributed by atoms with Crippen LogP contribution in [0.5, 0.6) is 0 Å². The zero-order chi connectivity index (χ0) is 26.8. The van der Waals surface area contributed by atoms with Crippen LogP contribution in [-0.2, 0) is 9.53 Å². The molecule has 9 nitrogen and oxygen atoms in total. The Labute approximate surface area is 222 Å². The Morgan fingerprint density at radius 3 is 2.50 bits per heavy atom. The van der Waals surface area contributed by atoms with Crippen LogP contribution in [0.2, 0.25) is 10.0 Å². The van der Waals surface area contributed by atoms with Crippen molar-refractivity contribution < 1.29 is 19.1 Å². The van der Waals surface area contributed by atoms with E-state index in [1.54, 1.807) is 32.2 Å². The third-order valence-electron chi connectivity index (χ3n) is 6.17. The minimum Gasteiger partial charge on any atom is -0.463 e. The standard InChI is InChI=1S/C25H35Cl2N5O4/c1-7-36-22(33)20-19(14-31-10-11-32(15(2)13-31)24(35)29-25(3,4)5)30(6)23(34)28-21(20)17-9-8-16(26)12-18(17)27/h8-9,12,15,21H,7,10-11,13-14H2,1-6H3,(H,28,34)(H,29,35)/t15-,21+/m1/s1. The first kappa shape index (κ1) is 28.1. The van der Waals surface area contributed by atoms with E-state index >= 15 is 0 Å². The normalized spacial score (nSPS) is 21.4. The molecule has 0 bridgehead atoms. The Kier molecular flexibility index (Phi) is 8.80. The summed E-state index contributed by atoms with van der Waals surface area (Å²) in [5, 5.41) is 6.68. The molecule has 4 amide bonds. The third kappa shape index (κ3) is 6.44. The van der Waals surface area contributed by atoms with E-state index in [1.807, 2.05) is 32.6 Å². The molecule has 0 saturated carbocycles. The quantitative estimate of drug-likeness (QED) is 0.551. The topological polar surface area (TPSA) is 94.2 Å². The van der Waals surface area contributed by atoms with E-state index in [0.29, 0.717) is 53.1 Å². The first-order chi connectivity index (χ1) is 16.8. The maximum absolute atomic E-state index is 13.2. The smallest absolute Gasteiger partial charge is 0.338 e. The third-order valence-corrected chi connectivity index (χ3v) is 6.74. The zero-order valence-electron chi connectivity index (χ0n) is 21.7. The molecule has 0 unspecified atom stereocenters. The lowest BCUT2D eigenvalue weighted by Crippen LogP contribution is -2.59. The Morgan fingerprint density at radius 1 is 1.22 bits per heavy atom. The second kappa shape index (κ2) is 11.3. The van der Waals surface area contributed by atoms with Crippen LogP contribution in [0.25, 0.3) is 0 Å². The molecule has 3 rings (SSSR count). The summed E-state index contributed by atoms with van der Waals surface area (Å²) in [7, 11) is 1.63. The highest BCUT2D eigenvalue weighted by Gasteiger charge is 2.39. The van der Waals surface area contributed by atoms with Gasteiger partial charge in [0.1, 0.15) is 0 Å². The predicted molar refractivity (Wildman–Crippen MR) is 140 cm³/mol. The van der Waals surface area contributed by atoms with Crippen LogP contribution in [-0.4, -0.2) is 84.1 Å². The summed E-state index contributed by atoms with van der Waals surface area (Å²) in [5.41, 5.74) is 1.08. The zero-order valence-corrected chi connectivity index (χ0v) is 23.2. The maximum atomic E-state index is 13.2. The van der Waals surface area contributed by atoms with Gasteiger partial charge in [-0.1, -0.05) is 29.3 Å². The predicted octanol–water partition coefficient (Wildman–Crippen LogP) is 4.02. The summed E-state index contributed by atoms with van der Waals surface area (Å²) in [6, 6.07) is 3.64. The molecule has 1 aromatic carbocycles. The number of likely N-dealkylation sites (N-methyl/N-ethyl adjacent to an activating group) is 1. The molecular weight excluding hydrogens is 505 g/mol. The van der Waals surface area contributed by atoms with Crippen LogP contribution < -0.4 is 10.6 Å². The van der Waals surface area contributed by atoms with Gasteiger partial charge in [0.2, 0.25) is 0 Å². The fraction of sp³-hybridized carbons (Fsp3) is 0.560. The molecule has 0 aromatic heterocycles. The van der Waals surface area contributed by atoms with Crippen molar-refractivity contribution in [1.29, 1.82) is 0 Å². The van der Waals surface area contributed by atoms with Crippen molar-refractivity contribution in [1.82, 2.24) is 25.3 Å². The van der Waals surface area contributed by atoms with Gasteiger partial charge in [0.05, 0.1) is 18.2 Å². The fourth-order valence-electron chi connectivity index (χ4n) is 4.45. The molecule has 36 heavy (non-hydrogen) atoms. The lowest BCUT2D eigenvalue weighted by atomic mass is 9.94. The minimum absolute atomic E-state index is 0.0584. The largest absolute Gasteiger partial charge is 0.463 e. The van der Waals surface area contributed by atoms with Gasteiger partial charge in [0.15, 0.2) is 0 Å². The first-order valence-corrected chi connectivity index (χ1v) is 12.8. The van der Waals surface area contributed by atoms with Crippen molar-refractivity contribution in [3.8, 4) is 0 Å². The molecule has 2 N–H and O–H groups in total. The molecule has 1 fully saturated rings. The molecule has 1 aromatic rings. The molecule has 0 radical (unpaired) electrons. The van der Waals surface area contributed by atoms with Crippen LogP contribution in [0.1, 0.15) is 46.2 Å². The van der Waals surface area contributed by atoms with Crippen molar-refractivity contribution in [2.24, 2.45) is 0 Å². The lowest BCUT2D eigenvalue weighted by Gasteiger charge is -2.43. The average Bonchev–Trinajstić information content (AvgIpc) is 2.75. The van der Waals surface area contributed by atoms with Gasteiger partial charge >= 0.3 is 18.0 Å². The minimum atomic E-state index is -0.788. The summed E-state index contributed by atoms with van der Waals surface area (Å²) in [6.45, 7) is 11.8. The number of benzene rings is 1. The second-order valence-corrected chi connectivity index (χ2v) is 11.0. The molecular formula is C25H35Cl2N5O4. The Morgan fingerprint density at radius 2 is 1.92 bits per heavy atom. The number of carbonyl (C=O) groups excluding carboxylic acids is 3. The number of nitrogens with zero attached hydrogens (tertiary/aromatic N) is 3. The number of ether oxygens (including phenoxy) is 1. The number of hydrogen-bond donors (Lipinski definition) is 2. The Bertz CT molecular complexity index is 1060. The van der Waals surface area contributed by atoms with Gasteiger partial charge in [-0.3, -0.25) is 9.80 Å². The maximum Gasteiger partial charge on any atom is 0.338 e. The molecule has 2 heterocycles. The van der Waals surface area contributed by atoms with Crippen molar-refractivity contribution in [2.75, 3.05) is 39.8 Å². The number of esters is 1. The van der Waals surface area contributed by atoms with Gasteiger partial charge in [0, 0.05) is 60.5 Å². The van der Waals surface area contributed by atoms with Crippen molar-refractivity contribution >= 4 is 41.2 Å². The van der Waals surface area contributed by atoms with Crippen LogP contribution >= 0.6 is 23.2 Å². The van der Waals surface area contributed by atoms with Crippen molar-refractivity contribution in [3.63, 3.8) is 0 Å². The Balaban J connectivity index is 1.92. The van der Waals surface area contributed by atoms with Crippen LogP contribution in [0, 0.1) is 0 Å². The number of urea groups is 2. The first-order valence-electron chi connectivity index (χ1n) is 12.0. The lowest BCUT2D eigenvalue weighted by molar-refractivity contribution is -0.139. The highest BCUT2D eigenvalue weighted by Crippen LogP contribution is 2.36. The SMILES string of the molecule is CCOC(=O)C1=C(CN2CCN(C(=O)NC(C)(C)C)[C@H](C)C2)N(C)C(=O)N[C@H]1c1ccc(Cl)cc1Cl. The fourth-order valence-corrected chi connectivity index (χ4v) is 4.97. The molecule has 198 valence electrons. The summed E-state index contributed by atoms with van der Waals surface area (Å²) in [6.07, 6.45) is 0. The van der Waals surface area contributed by atoms with Crippen LogP contribution in [0.4, 0.5) is 9.59 Å². The van der Waals surface area contributed by atoms with Gasteiger partial charge in [0.25, 0.3) is 0 Å². The summed E-state index contributed by atoms with van der Waals surface area (Å²) >= 11 is 12.5. The summed E-state index contributed by atoms with van der Waals surface area (Å²) in [5.74, 6) is -0.522. The number of hydrogen-bond acceptors (Lipinski definition) is 5. The van der Waals surface area contributed by atoms with E-state index in [-0.39, 0.29) is 30.2 Å². The highest BCUT2D eigenvalue weighted by molar-refractivity contribution is 6.35. The average molecular weight is 540 g/mol. The van der Waals surface area contributed by atoms with Gasteiger partial charge in [-0.2, -0.15) is 0 Å². The van der Waals surface area contributed by atoms with E-state index in [2.05, 4.69) is 15.5 Å². The number of carbonyl (C=O) groups is 3. The molecule has 0 aliphatic carbocycles. The van der Waals surface area contributed by atoms with Gasteiger partial charge < -0.3 is 20.3 Å². The summed E-state index contributed by atoms with van der Waals surface area (Å²) in [4.78, 5) is 44.3. The Hall–Kier alpha value is -2.49. The van der Waals surface area contributed by atoms with E-state index in [1.165, 1.54) is 4.90 Å². The van der Waals surface area contributed by atoms with E-state index in [9.17, 15) is 14.4 Å². The number of amides is 4. The number of halogens is 2. The summed E-state index contributed by atoms with van der Waals surface area (Å²) < 4.78 is 5.39. The van der Waals surface area contributed by atoms with Crippen LogP contribution in [0.3, 0.4) is 0 Å². The van der Waals surface area contributed by atoms with E-state index in [0.717, 1.165) is 0 Å². The monoisotopic (exact) mass is 539 g/mol. The van der Waals surface area contributed by atoms with E-state index in [4.69, 9.17) is 27.9 Å². The van der Waals surface area contributed by atoms with Gasteiger partial charge in [-0.25, -0.2) is 14.4 Å². The number of rotatable bonds is 5. The van der Waals surface area contributed by atoms with Crippen molar-refractivity contribution in [2.45, 2.75) is 52.2 Å². The molecule has 1 saturated heterocycles. The van der Waals surface area contributed by atoms with Crippen molar-refractivity contribution in [3.05, 3.63) is 45.1 Å².